The second-order valence-corrected chi connectivity index (χ2v) is 6.60. The van der Waals surface area contributed by atoms with Crippen molar-refractivity contribution < 1.29 is 5.21 Å². The molecule has 1 aliphatic heterocycles. The summed E-state index contributed by atoms with van der Waals surface area (Å²) in [5.41, 5.74) is 7.64. The van der Waals surface area contributed by atoms with E-state index >= 15 is 0 Å². The van der Waals surface area contributed by atoms with Gasteiger partial charge in [0, 0.05) is 28.3 Å². The van der Waals surface area contributed by atoms with Crippen LogP contribution >= 0.6 is 15.9 Å². The molecule has 1 aromatic carbocycles. The number of nitrogens with zero attached hydrogens (tertiary/aromatic N) is 2. The maximum atomic E-state index is 8.79. The van der Waals surface area contributed by atoms with Crippen molar-refractivity contribution in [1.29, 1.82) is 0 Å². The van der Waals surface area contributed by atoms with Crippen LogP contribution in [0, 0.1) is 5.92 Å². The number of piperidine rings is 1. The number of hydrogen-bond donors (Lipinski definition) is 2. The SMILES string of the molecule is N/C(=N/O)c1ccc(N2CCCC3CCCC32)cc1Br. The summed E-state index contributed by atoms with van der Waals surface area (Å²) in [5, 5.41) is 11.9. The van der Waals surface area contributed by atoms with Crippen molar-refractivity contribution in [1.82, 2.24) is 0 Å². The zero-order chi connectivity index (χ0) is 14.1. The van der Waals surface area contributed by atoms with E-state index in [0.717, 1.165) is 22.5 Å². The van der Waals surface area contributed by atoms with Crippen LogP contribution in [0.15, 0.2) is 27.8 Å². The summed E-state index contributed by atoms with van der Waals surface area (Å²) in [5.74, 6) is 1.01. The molecule has 1 aliphatic carbocycles. The van der Waals surface area contributed by atoms with E-state index in [4.69, 9.17) is 10.9 Å². The lowest BCUT2D eigenvalue weighted by molar-refractivity contribution is 0.318. The van der Waals surface area contributed by atoms with Gasteiger partial charge < -0.3 is 15.8 Å². The molecule has 5 heteroatoms. The number of anilines is 1. The Bertz CT molecular complexity index is 532. The molecule has 2 unspecified atom stereocenters. The lowest BCUT2D eigenvalue weighted by Gasteiger charge is -2.39. The predicted molar refractivity (Wildman–Crippen MR) is 84.4 cm³/mol. The predicted octanol–water partition coefficient (Wildman–Crippen LogP) is 3.31. The average Bonchev–Trinajstić information content (AvgIpc) is 2.94. The summed E-state index contributed by atoms with van der Waals surface area (Å²) in [4.78, 5) is 2.54. The van der Waals surface area contributed by atoms with E-state index in [1.807, 2.05) is 6.07 Å². The first-order chi connectivity index (χ1) is 9.70. The van der Waals surface area contributed by atoms with Gasteiger partial charge in [-0.25, -0.2) is 0 Å². The van der Waals surface area contributed by atoms with Gasteiger partial charge in [0.2, 0.25) is 0 Å². The molecule has 0 spiro atoms. The zero-order valence-electron chi connectivity index (χ0n) is 11.4. The Morgan fingerprint density at radius 3 is 2.85 bits per heavy atom. The van der Waals surface area contributed by atoms with Gasteiger partial charge in [0.05, 0.1) is 0 Å². The van der Waals surface area contributed by atoms with Crippen molar-refractivity contribution in [3.63, 3.8) is 0 Å². The molecule has 108 valence electrons. The highest BCUT2D eigenvalue weighted by atomic mass is 79.9. The molecule has 1 saturated heterocycles. The smallest absolute Gasteiger partial charge is 0.171 e. The Morgan fingerprint density at radius 2 is 2.10 bits per heavy atom. The quantitative estimate of drug-likeness (QED) is 0.376. The van der Waals surface area contributed by atoms with Crippen LogP contribution in [0.5, 0.6) is 0 Å². The number of halogens is 1. The van der Waals surface area contributed by atoms with Crippen molar-refractivity contribution in [2.45, 2.75) is 38.1 Å². The first kappa shape index (κ1) is 13.7. The Balaban J connectivity index is 1.88. The number of nitrogens with two attached hydrogens (primary N) is 1. The minimum Gasteiger partial charge on any atom is -0.409 e. The first-order valence-corrected chi connectivity index (χ1v) is 8.04. The fourth-order valence-corrected chi connectivity index (χ4v) is 4.29. The van der Waals surface area contributed by atoms with E-state index in [0.29, 0.717) is 6.04 Å². The molecular weight excluding hydrogens is 318 g/mol. The van der Waals surface area contributed by atoms with Gasteiger partial charge in [0.1, 0.15) is 0 Å². The highest BCUT2D eigenvalue weighted by Gasteiger charge is 2.35. The van der Waals surface area contributed by atoms with Crippen molar-refractivity contribution >= 4 is 27.5 Å². The summed E-state index contributed by atoms with van der Waals surface area (Å²) in [6.45, 7) is 1.14. The standard InChI is InChI=1S/C15H20BrN3O/c16-13-9-11(6-7-12(13)15(17)18-20)19-8-2-4-10-3-1-5-14(10)19/h6-7,9-10,14,20H,1-5,8H2,(H2,17,18). The van der Waals surface area contributed by atoms with Crippen molar-refractivity contribution in [3.05, 3.63) is 28.2 Å². The second kappa shape index (κ2) is 5.64. The minimum absolute atomic E-state index is 0.140. The fourth-order valence-electron chi connectivity index (χ4n) is 3.72. The number of fused-ring (bicyclic) bond motifs is 1. The Labute approximate surface area is 127 Å². The summed E-state index contributed by atoms with van der Waals surface area (Å²) < 4.78 is 0.880. The topological polar surface area (TPSA) is 61.9 Å². The molecule has 3 N–H and O–H groups in total. The van der Waals surface area contributed by atoms with Gasteiger partial charge in [-0.3, -0.25) is 0 Å². The van der Waals surface area contributed by atoms with Crippen molar-refractivity contribution in [2.75, 3.05) is 11.4 Å². The number of benzene rings is 1. The third kappa shape index (κ3) is 2.39. The number of rotatable bonds is 2. The normalized spacial score (nSPS) is 26.6. The van der Waals surface area contributed by atoms with Crippen LogP contribution in [0.2, 0.25) is 0 Å². The molecular formula is C15H20BrN3O. The minimum atomic E-state index is 0.140. The Hall–Kier alpha value is -1.23. The average molecular weight is 338 g/mol. The van der Waals surface area contributed by atoms with E-state index in [1.54, 1.807) is 0 Å². The molecule has 0 amide bonds. The number of amidine groups is 1. The molecule has 0 radical (unpaired) electrons. The highest BCUT2D eigenvalue weighted by molar-refractivity contribution is 9.10. The molecule has 20 heavy (non-hydrogen) atoms. The molecule has 0 bridgehead atoms. The van der Waals surface area contributed by atoms with E-state index < -0.39 is 0 Å². The van der Waals surface area contributed by atoms with Gasteiger partial charge in [0.15, 0.2) is 5.84 Å². The van der Waals surface area contributed by atoms with Gasteiger partial charge >= 0.3 is 0 Å². The highest BCUT2D eigenvalue weighted by Crippen LogP contribution is 2.39. The van der Waals surface area contributed by atoms with Crippen molar-refractivity contribution in [3.8, 4) is 0 Å². The van der Waals surface area contributed by atoms with Crippen LogP contribution in [0.4, 0.5) is 5.69 Å². The first-order valence-electron chi connectivity index (χ1n) is 7.25. The van der Waals surface area contributed by atoms with Gasteiger partial charge in [-0.2, -0.15) is 0 Å². The van der Waals surface area contributed by atoms with E-state index in [-0.39, 0.29) is 5.84 Å². The van der Waals surface area contributed by atoms with Gasteiger partial charge in [-0.15, -0.1) is 0 Å². The molecule has 2 fully saturated rings. The molecule has 2 atom stereocenters. The zero-order valence-corrected chi connectivity index (χ0v) is 13.0. The molecule has 1 saturated carbocycles. The summed E-state index contributed by atoms with van der Waals surface area (Å²) in [6, 6.07) is 6.80. The summed E-state index contributed by atoms with van der Waals surface area (Å²) >= 11 is 3.53. The molecule has 4 nitrogen and oxygen atoms in total. The lowest BCUT2D eigenvalue weighted by Crippen LogP contribution is -2.42. The Kier molecular flexibility index (Phi) is 3.87. The molecule has 1 heterocycles. The largest absolute Gasteiger partial charge is 0.409 e. The second-order valence-electron chi connectivity index (χ2n) is 5.74. The maximum Gasteiger partial charge on any atom is 0.171 e. The lowest BCUT2D eigenvalue weighted by atomic mass is 9.91. The van der Waals surface area contributed by atoms with Gasteiger partial charge in [-0.1, -0.05) is 11.6 Å². The number of hydrogen-bond acceptors (Lipinski definition) is 3. The molecule has 0 aromatic heterocycles. The fraction of sp³-hybridized carbons (Fsp3) is 0.533. The van der Waals surface area contributed by atoms with E-state index in [1.165, 1.54) is 37.8 Å². The summed E-state index contributed by atoms with van der Waals surface area (Å²) in [7, 11) is 0. The van der Waals surface area contributed by atoms with Crippen LogP contribution < -0.4 is 10.6 Å². The summed E-state index contributed by atoms with van der Waals surface area (Å²) in [6.07, 6.45) is 6.70. The monoisotopic (exact) mass is 337 g/mol. The number of oxime groups is 1. The van der Waals surface area contributed by atoms with Crippen LogP contribution in [-0.2, 0) is 0 Å². The van der Waals surface area contributed by atoms with Crippen LogP contribution in [0.3, 0.4) is 0 Å². The Morgan fingerprint density at radius 1 is 1.30 bits per heavy atom. The van der Waals surface area contributed by atoms with E-state index in [9.17, 15) is 0 Å². The molecule has 3 rings (SSSR count). The third-order valence-electron chi connectivity index (χ3n) is 4.66. The molecule has 1 aromatic rings. The van der Waals surface area contributed by atoms with Crippen LogP contribution in [0.1, 0.15) is 37.7 Å². The van der Waals surface area contributed by atoms with Crippen LogP contribution in [-0.4, -0.2) is 23.6 Å². The van der Waals surface area contributed by atoms with Crippen molar-refractivity contribution in [2.24, 2.45) is 16.8 Å². The van der Waals surface area contributed by atoms with Gasteiger partial charge in [0.25, 0.3) is 0 Å². The maximum absolute atomic E-state index is 8.79. The third-order valence-corrected chi connectivity index (χ3v) is 5.32. The molecule has 2 aliphatic rings. The van der Waals surface area contributed by atoms with Crippen LogP contribution in [0.25, 0.3) is 0 Å². The van der Waals surface area contributed by atoms with E-state index in [2.05, 4.69) is 38.1 Å². The van der Waals surface area contributed by atoms with Gasteiger partial charge in [-0.05, 0) is 65.7 Å².